The molecule has 0 aromatic heterocycles. The highest BCUT2D eigenvalue weighted by Crippen LogP contribution is 2.31. The predicted molar refractivity (Wildman–Crippen MR) is 82.0 cm³/mol. The van der Waals surface area contributed by atoms with Crippen molar-refractivity contribution < 1.29 is 4.74 Å². The summed E-state index contributed by atoms with van der Waals surface area (Å²) in [5.41, 5.74) is 1.27. The van der Waals surface area contributed by atoms with E-state index in [2.05, 4.69) is 28.4 Å². The third-order valence-corrected chi connectivity index (χ3v) is 4.40. The summed E-state index contributed by atoms with van der Waals surface area (Å²) in [6.45, 7) is 7.42. The van der Waals surface area contributed by atoms with Crippen LogP contribution in [-0.2, 0) is 6.54 Å². The average molecular weight is 274 g/mol. The molecule has 1 heterocycles. The van der Waals surface area contributed by atoms with Crippen LogP contribution in [0.15, 0.2) is 24.3 Å². The van der Waals surface area contributed by atoms with Crippen molar-refractivity contribution in [1.29, 1.82) is 0 Å². The summed E-state index contributed by atoms with van der Waals surface area (Å²) >= 11 is 0. The van der Waals surface area contributed by atoms with E-state index in [0.29, 0.717) is 0 Å². The van der Waals surface area contributed by atoms with E-state index < -0.39 is 0 Å². The molecule has 0 unspecified atom stereocenters. The van der Waals surface area contributed by atoms with Crippen LogP contribution >= 0.6 is 0 Å². The van der Waals surface area contributed by atoms with Crippen molar-refractivity contribution in [2.45, 2.75) is 38.8 Å². The van der Waals surface area contributed by atoms with Crippen molar-refractivity contribution in [2.24, 2.45) is 5.92 Å². The van der Waals surface area contributed by atoms with E-state index in [-0.39, 0.29) is 0 Å². The predicted octanol–water partition coefficient (Wildman–Crippen LogP) is 2.66. The number of hydrogen-bond acceptors (Lipinski definition) is 3. The van der Waals surface area contributed by atoms with E-state index >= 15 is 0 Å². The SMILES string of the molecule is CCOc1ccccc1CNC[C@H]1CCN(C2CC2)C1. The van der Waals surface area contributed by atoms with Crippen molar-refractivity contribution >= 4 is 0 Å². The molecule has 3 nitrogen and oxygen atoms in total. The number of nitrogens with zero attached hydrogens (tertiary/aromatic N) is 1. The Labute approximate surface area is 122 Å². The zero-order valence-electron chi connectivity index (χ0n) is 12.5. The first kappa shape index (κ1) is 13.9. The van der Waals surface area contributed by atoms with Crippen LogP contribution in [0.25, 0.3) is 0 Å². The van der Waals surface area contributed by atoms with Gasteiger partial charge in [-0.2, -0.15) is 0 Å². The normalized spacial score (nSPS) is 23.1. The molecular weight excluding hydrogens is 248 g/mol. The van der Waals surface area contributed by atoms with Crippen LogP contribution in [0, 0.1) is 5.92 Å². The summed E-state index contributed by atoms with van der Waals surface area (Å²) in [6, 6.07) is 9.27. The fourth-order valence-corrected chi connectivity index (χ4v) is 3.16. The summed E-state index contributed by atoms with van der Waals surface area (Å²) in [7, 11) is 0. The number of benzene rings is 1. The smallest absolute Gasteiger partial charge is 0.123 e. The molecule has 0 spiro atoms. The molecule has 1 aliphatic carbocycles. The molecule has 0 amide bonds. The zero-order chi connectivity index (χ0) is 13.8. The summed E-state index contributed by atoms with van der Waals surface area (Å²) in [6.07, 6.45) is 4.22. The van der Waals surface area contributed by atoms with Crippen molar-refractivity contribution in [3.63, 3.8) is 0 Å². The highest BCUT2D eigenvalue weighted by atomic mass is 16.5. The minimum absolute atomic E-state index is 0.732. The van der Waals surface area contributed by atoms with Gasteiger partial charge in [-0.3, -0.25) is 0 Å². The largest absolute Gasteiger partial charge is 0.494 e. The highest BCUT2D eigenvalue weighted by Gasteiger charge is 2.33. The molecule has 20 heavy (non-hydrogen) atoms. The number of ether oxygens (including phenoxy) is 1. The number of likely N-dealkylation sites (tertiary alicyclic amines) is 1. The molecule has 1 aromatic carbocycles. The van der Waals surface area contributed by atoms with Crippen LogP contribution in [0.3, 0.4) is 0 Å². The van der Waals surface area contributed by atoms with Gasteiger partial charge in [-0.25, -0.2) is 0 Å². The second-order valence-electron chi connectivity index (χ2n) is 6.05. The van der Waals surface area contributed by atoms with Gasteiger partial charge in [0.1, 0.15) is 5.75 Å². The molecule has 1 aliphatic heterocycles. The van der Waals surface area contributed by atoms with Crippen molar-refractivity contribution in [2.75, 3.05) is 26.2 Å². The van der Waals surface area contributed by atoms with Crippen molar-refractivity contribution in [3.8, 4) is 5.75 Å². The van der Waals surface area contributed by atoms with E-state index in [1.807, 2.05) is 13.0 Å². The van der Waals surface area contributed by atoms with Gasteiger partial charge in [0.25, 0.3) is 0 Å². The minimum atomic E-state index is 0.732. The van der Waals surface area contributed by atoms with Crippen LogP contribution in [0.2, 0.25) is 0 Å². The van der Waals surface area contributed by atoms with Gasteiger partial charge in [0.15, 0.2) is 0 Å². The number of nitrogens with one attached hydrogen (secondary N) is 1. The van der Waals surface area contributed by atoms with Crippen LogP contribution in [-0.4, -0.2) is 37.2 Å². The average Bonchev–Trinajstić information content (AvgIpc) is 3.21. The number of hydrogen-bond donors (Lipinski definition) is 1. The molecule has 3 heteroatoms. The molecule has 1 N–H and O–H groups in total. The van der Waals surface area contributed by atoms with Gasteiger partial charge >= 0.3 is 0 Å². The van der Waals surface area contributed by atoms with E-state index in [1.54, 1.807) is 0 Å². The van der Waals surface area contributed by atoms with Crippen molar-refractivity contribution in [1.82, 2.24) is 10.2 Å². The highest BCUT2D eigenvalue weighted by molar-refractivity contribution is 5.33. The van der Waals surface area contributed by atoms with Crippen LogP contribution < -0.4 is 10.1 Å². The second kappa shape index (κ2) is 6.59. The van der Waals surface area contributed by atoms with E-state index in [1.165, 1.54) is 37.9 Å². The molecule has 0 bridgehead atoms. The van der Waals surface area contributed by atoms with Crippen LogP contribution in [0.4, 0.5) is 0 Å². The maximum atomic E-state index is 5.67. The Morgan fingerprint density at radius 2 is 2.10 bits per heavy atom. The Morgan fingerprint density at radius 1 is 1.25 bits per heavy atom. The molecular formula is C17H26N2O. The zero-order valence-corrected chi connectivity index (χ0v) is 12.5. The topological polar surface area (TPSA) is 24.5 Å². The maximum absolute atomic E-state index is 5.67. The molecule has 0 radical (unpaired) electrons. The Balaban J connectivity index is 1.43. The minimum Gasteiger partial charge on any atom is -0.494 e. The van der Waals surface area contributed by atoms with Gasteiger partial charge in [0, 0.05) is 24.7 Å². The van der Waals surface area contributed by atoms with E-state index in [9.17, 15) is 0 Å². The summed E-state index contributed by atoms with van der Waals surface area (Å²) in [5, 5.41) is 3.62. The maximum Gasteiger partial charge on any atom is 0.123 e. The Hall–Kier alpha value is -1.06. The van der Waals surface area contributed by atoms with Gasteiger partial charge in [-0.1, -0.05) is 18.2 Å². The van der Waals surface area contributed by atoms with Crippen LogP contribution in [0.1, 0.15) is 31.7 Å². The fraction of sp³-hybridized carbons (Fsp3) is 0.647. The Morgan fingerprint density at radius 3 is 2.90 bits per heavy atom. The monoisotopic (exact) mass is 274 g/mol. The van der Waals surface area contributed by atoms with Gasteiger partial charge in [0.05, 0.1) is 6.61 Å². The molecule has 3 rings (SSSR count). The lowest BCUT2D eigenvalue weighted by atomic mass is 10.1. The van der Waals surface area contributed by atoms with Gasteiger partial charge < -0.3 is 15.0 Å². The lowest BCUT2D eigenvalue weighted by Gasteiger charge is -2.16. The quantitative estimate of drug-likeness (QED) is 0.827. The molecule has 1 atom stereocenters. The molecule has 1 saturated carbocycles. The summed E-state index contributed by atoms with van der Waals surface area (Å²) in [5.74, 6) is 1.85. The summed E-state index contributed by atoms with van der Waals surface area (Å²) < 4.78 is 5.67. The first-order chi connectivity index (χ1) is 9.86. The Kier molecular flexibility index (Phi) is 4.58. The lowest BCUT2D eigenvalue weighted by Crippen LogP contribution is -2.27. The Bertz CT molecular complexity index is 431. The number of rotatable bonds is 7. The third-order valence-electron chi connectivity index (χ3n) is 4.40. The first-order valence-electron chi connectivity index (χ1n) is 8.02. The van der Waals surface area contributed by atoms with Gasteiger partial charge in [-0.05, 0) is 51.3 Å². The van der Waals surface area contributed by atoms with Gasteiger partial charge in [0.2, 0.25) is 0 Å². The second-order valence-corrected chi connectivity index (χ2v) is 6.05. The van der Waals surface area contributed by atoms with E-state index in [0.717, 1.165) is 37.4 Å². The summed E-state index contributed by atoms with van der Waals surface area (Å²) in [4.78, 5) is 2.68. The molecule has 110 valence electrons. The van der Waals surface area contributed by atoms with E-state index in [4.69, 9.17) is 4.74 Å². The fourth-order valence-electron chi connectivity index (χ4n) is 3.16. The third kappa shape index (κ3) is 3.53. The molecule has 1 saturated heterocycles. The van der Waals surface area contributed by atoms with Crippen LogP contribution in [0.5, 0.6) is 5.75 Å². The number of para-hydroxylation sites is 1. The first-order valence-corrected chi connectivity index (χ1v) is 8.02. The molecule has 2 aliphatic rings. The molecule has 2 fully saturated rings. The van der Waals surface area contributed by atoms with Crippen molar-refractivity contribution in [3.05, 3.63) is 29.8 Å². The molecule has 1 aromatic rings. The standard InChI is InChI=1S/C17H26N2O/c1-2-20-17-6-4-3-5-15(17)12-18-11-14-9-10-19(13-14)16-7-8-16/h3-6,14,16,18H,2,7-13H2,1H3/t14-/m1/s1. The van der Waals surface area contributed by atoms with Gasteiger partial charge in [-0.15, -0.1) is 0 Å². The lowest BCUT2D eigenvalue weighted by molar-refractivity contribution is 0.311.